The Morgan fingerprint density at radius 1 is 1.29 bits per heavy atom. The Labute approximate surface area is 83.2 Å². The van der Waals surface area contributed by atoms with Gasteiger partial charge in [-0.3, -0.25) is 0 Å². The number of quaternary nitrogens is 1. The molecular formula is C9H19F3NO+. The van der Waals surface area contributed by atoms with Crippen molar-refractivity contribution >= 4 is 0 Å². The van der Waals surface area contributed by atoms with Crippen LogP contribution in [0.4, 0.5) is 13.2 Å². The summed E-state index contributed by atoms with van der Waals surface area (Å²) in [6.07, 6.45) is 0. The van der Waals surface area contributed by atoms with Gasteiger partial charge in [0.1, 0.15) is 0 Å². The van der Waals surface area contributed by atoms with Crippen molar-refractivity contribution in [3.05, 3.63) is 0 Å². The molecule has 0 aliphatic heterocycles. The molecule has 0 saturated heterocycles. The van der Waals surface area contributed by atoms with Gasteiger partial charge >= 0.3 is 6.05 Å². The smallest absolute Gasteiger partial charge is 0.368 e. The predicted molar refractivity (Wildman–Crippen MR) is 48.7 cm³/mol. The molecule has 86 valence electrons. The van der Waals surface area contributed by atoms with Gasteiger partial charge in [0.2, 0.25) is 6.80 Å². The molecule has 0 aliphatic carbocycles. The zero-order valence-electron chi connectivity index (χ0n) is 9.19. The largest absolute Gasteiger partial charge is 0.415 e. The molecular weight excluding hydrogens is 195 g/mol. The number of alkyl halides is 3. The van der Waals surface area contributed by atoms with E-state index in [1.54, 1.807) is 0 Å². The van der Waals surface area contributed by atoms with Crippen molar-refractivity contribution in [2.75, 3.05) is 34.1 Å². The lowest BCUT2D eigenvalue weighted by molar-refractivity contribution is -0.987. The van der Waals surface area contributed by atoms with Crippen LogP contribution in [0.3, 0.4) is 0 Å². The number of hydrogen-bond donors (Lipinski definition) is 0. The van der Waals surface area contributed by atoms with Crippen LogP contribution in [0.1, 0.15) is 13.8 Å². The molecule has 0 aromatic rings. The van der Waals surface area contributed by atoms with Gasteiger partial charge in [-0.25, -0.2) is 4.48 Å². The second-order valence-electron chi connectivity index (χ2n) is 4.38. The molecule has 0 amide bonds. The Bertz CT molecular complexity index is 171. The molecule has 0 spiro atoms. The van der Waals surface area contributed by atoms with Crippen LogP contribution in [0.15, 0.2) is 0 Å². The third kappa shape index (κ3) is 3.84. The number of rotatable bonds is 6. The number of likely N-dealkylation sites (N-methyl/N-ethyl adjacent to an activating group) is 1. The molecule has 0 rings (SSSR count). The van der Waals surface area contributed by atoms with Crippen LogP contribution in [0.5, 0.6) is 0 Å². The highest BCUT2D eigenvalue weighted by Gasteiger charge is 2.47. The summed E-state index contributed by atoms with van der Waals surface area (Å²) in [5, 5.41) is 0. The zero-order chi connectivity index (χ0) is 11.4. The van der Waals surface area contributed by atoms with Gasteiger partial charge in [-0.2, -0.15) is 4.39 Å². The van der Waals surface area contributed by atoms with Crippen molar-refractivity contribution in [3.63, 3.8) is 0 Å². The average Bonchev–Trinajstić information content (AvgIpc) is 2.03. The first kappa shape index (κ1) is 13.7. The number of nitrogens with zero attached hydrogens (tertiary/aromatic N) is 1. The van der Waals surface area contributed by atoms with Crippen LogP contribution in [0, 0.1) is 5.92 Å². The molecule has 0 heterocycles. The fraction of sp³-hybridized carbons (Fsp3) is 1.00. The minimum atomic E-state index is -3.18. The first-order valence-corrected chi connectivity index (χ1v) is 4.57. The first-order valence-electron chi connectivity index (χ1n) is 4.57. The van der Waals surface area contributed by atoms with E-state index in [1.165, 1.54) is 0 Å². The van der Waals surface area contributed by atoms with Crippen LogP contribution in [-0.2, 0) is 4.74 Å². The molecule has 0 N–H and O–H groups in total. The van der Waals surface area contributed by atoms with Gasteiger partial charge in [-0.05, 0) is 5.92 Å². The average molecular weight is 214 g/mol. The molecule has 0 aromatic carbocycles. The molecule has 0 unspecified atom stereocenters. The summed E-state index contributed by atoms with van der Waals surface area (Å²) in [7, 11) is 2.28. The lowest BCUT2D eigenvalue weighted by Crippen LogP contribution is -2.56. The predicted octanol–water partition coefficient (Wildman–Crippen LogP) is 2.26. The lowest BCUT2D eigenvalue weighted by Gasteiger charge is -2.33. The van der Waals surface area contributed by atoms with Crippen molar-refractivity contribution in [3.8, 4) is 0 Å². The van der Waals surface area contributed by atoms with E-state index >= 15 is 0 Å². The highest BCUT2D eigenvalue weighted by Crippen LogP contribution is 2.25. The third-order valence-electron chi connectivity index (χ3n) is 1.91. The molecule has 5 heteroatoms. The quantitative estimate of drug-likeness (QED) is 0.487. The number of ether oxygens (including phenoxy) is 1. The Kier molecular flexibility index (Phi) is 4.88. The van der Waals surface area contributed by atoms with Crippen molar-refractivity contribution in [1.82, 2.24) is 0 Å². The third-order valence-corrected chi connectivity index (χ3v) is 1.91. The first-order chi connectivity index (χ1) is 6.23. The molecule has 0 bridgehead atoms. The molecule has 0 saturated carbocycles. The van der Waals surface area contributed by atoms with Gasteiger partial charge < -0.3 is 4.74 Å². The van der Waals surface area contributed by atoms with Crippen molar-refractivity contribution < 1.29 is 22.4 Å². The second kappa shape index (κ2) is 4.98. The van der Waals surface area contributed by atoms with Crippen molar-refractivity contribution in [1.29, 1.82) is 0 Å². The Morgan fingerprint density at radius 2 is 1.79 bits per heavy atom. The standard InChI is InChI=1S/C9H19F3NO/c1-8(2)5-14-6-9(11,12)13(3,4)7-10/h8H,5-7H2,1-4H3/q+1. The highest BCUT2D eigenvalue weighted by molar-refractivity contribution is 4.51. The van der Waals surface area contributed by atoms with Crippen LogP contribution < -0.4 is 0 Å². The van der Waals surface area contributed by atoms with Gasteiger partial charge in [-0.1, -0.05) is 13.8 Å². The molecule has 0 aromatic heterocycles. The van der Waals surface area contributed by atoms with Gasteiger partial charge in [0, 0.05) is 6.61 Å². The molecule has 0 atom stereocenters. The normalized spacial score (nSPS) is 13.7. The van der Waals surface area contributed by atoms with Crippen molar-refractivity contribution in [2.24, 2.45) is 5.92 Å². The van der Waals surface area contributed by atoms with E-state index < -0.39 is 23.9 Å². The van der Waals surface area contributed by atoms with E-state index in [0.717, 1.165) is 14.1 Å². The summed E-state index contributed by atoms with van der Waals surface area (Å²) in [4.78, 5) is 0. The molecule has 0 fully saturated rings. The molecule has 0 radical (unpaired) electrons. The minimum Gasteiger partial charge on any atom is -0.368 e. The summed E-state index contributed by atoms with van der Waals surface area (Å²) in [6, 6.07) is -3.18. The summed E-state index contributed by atoms with van der Waals surface area (Å²) in [5.74, 6) is 0.201. The summed E-state index contributed by atoms with van der Waals surface area (Å²) < 4.78 is 42.6. The van der Waals surface area contributed by atoms with E-state index in [-0.39, 0.29) is 12.5 Å². The fourth-order valence-electron chi connectivity index (χ4n) is 0.680. The number of halogens is 3. The van der Waals surface area contributed by atoms with E-state index in [4.69, 9.17) is 4.74 Å². The van der Waals surface area contributed by atoms with Crippen LogP contribution in [0.25, 0.3) is 0 Å². The van der Waals surface area contributed by atoms with Crippen LogP contribution in [0.2, 0.25) is 0 Å². The maximum absolute atomic E-state index is 13.3. The van der Waals surface area contributed by atoms with Crippen molar-refractivity contribution in [2.45, 2.75) is 19.9 Å². The van der Waals surface area contributed by atoms with E-state index in [2.05, 4.69) is 0 Å². The second-order valence-corrected chi connectivity index (χ2v) is 4.38. The van der Waals surface area contributed by atoms with Crippen LogP contribution >= 0.6 is 0 Å². The SMILES string of the molecule is CC(C)COCC(F)(F)[N+](C)(C)CF. The fourth-order valence-corrected chi connectivity index (χ4v) is 0.680. The summed E-state index contributed by atoms with van der Waals surface area (Å²) in [6.45, 7) is 2.16. The van der Waals surface area contributed by atoms with Gasteiger partial charge in [0.25, 0.3) is 0 Å². The van der Waals surface area contributed by atoms with E-state index in [0.29, 0.717) is 0 Å². The topological polar surface area (TPSA) is 9.23 Å². The van der Waals surface area contributed by atoms with E-state index in [9.17, 15) is 13.2 Å². The minimum absolute atomic E-state index is 0.201. The monoisotopic (exact) mass is 214 g/mol. The molecule has 0 aliphatic rings. The molecule has 14 heavy (non-hydrogen) atoms. The van der Waals surface area contributed by atoms with Crippen LogP contribution in [-0.4, -0.2) is 44.6 Å². The van der Waals surface area contributed by atoms with Gasteiger partial charge in [0.05, 0.1) is 14.1 Å². The van der Waals surface area contributed by atoms with Gasteiger partial charge in [0.15, 0.2) is 6.61 Å². The van der Waals surface area contributed by atoms with E-state index in [1.807, 2.05) is 13.8 Å². The Balaban J connectivity index is 4.07. The molecule has 2 nitrogen and oxygen atoms in total. The highest BCUT2D eigenvalue weighted by atomic mass is 19.3. The summed E-state index contributed by atoms with van der Waals surface area (Å²) in [5.41, 5.74) is 0. The Morgan fingerprint density at radius 3 is 2.14 bits per heavy atom. The number of hydrogen-bond acceptors (Lipinski definition) is 1. The maximum atomic E-state index is 13.3. The maximum Gasteiger partial charge on any atom is 0.415 e. The zero-order valence-corrected chi connectivity index (χ0v) is 9.19. The lowest BCUT2D eigenvalue weighted by atomic mass is 10.2. The Hall–Kier alpha value is -0.290. The summed E-state index contributed by atoms with van der Waals surface area (Å²) >= 11 is 0. The van der Waals surface area contributed by atoms with Gasteiger partial charge in [-0.15, -0.1) is 8.78 Å².